The summed E-state index contributed by atoms with van der Waals surface area (Å²) in [5.41, 5.74) is 2.46. The second kappa shape index (κ2) is 5.21. The van der Waals surface area contributed by atoms with Crippen molar-refractivity contribution in [1.82, 2.24) is 5.32 Å². The number of amides is 1. The number of carbonyl (C=O) groups is 1. The maximum Gasteiger partial charge on any atom is 0.237 e. The average Bonchev–Trinajstić information content (AvgIpc) is 2.35. The standard InChI is InChI=1S/C15H18N2OS/c1-10-6-5-7-11(8-10)9-12-15(2,3)13(18)17-14(16-12)19-4/h5-9H,1-4H3,(H,16,17,18)/b12-9+. The molecule has 1 aliphatic heterocycles. The van der Waals surface area contributed by atoms with E-state index in [2.05, 4.69) is 29.4 Å². The van der Waals surface area contributed by atoms with Crippen LogP contribution >= 0.6 is 11.8 Å². The molecule has 0 saturated carbocycles. The minimum atomic E-state index is -0.608. The summed E-state index contributed by atoms with van der Waals surface area (Å²) >= 11 is 1.44. The number of rotatable bonds is 1. The summed E-state index contributed by atoms with van der Waals surface area (Å²) in [5, 5.41) is 3.47. The largest absolute Gasteiger partial charge is 0.304 e. The minimum absolute atomic E-state index is 0.00856. The molecular weight excluding hydrogens is 256 g/mol. The molecule has 0 saturated heterocycles. The number of hydrogen-bond acceptors (Lipinski definition) is 3. The first-order chi connectivity index (χ1) is 8.93. The molecule has 0 bridgehead atoms. The number of nitrogens with zero attached hydrogens (tertiary/aromatic N) is 1. The Morgan fingerprint density at radius 1 is 1.37 bits per heavy atom. The Morgan fingerprint density at radius 2 is 2.11 bits per heavy atom. The third-order valence-electron chi connectivity index (χ3n) is 3.19. The van der Waals surface area contributed by atoms with E-state index in [9.17, 15) is 4.79 Å². The van der Waals surface area contributed by atoms with Crippen molar-refractivity contribution in [3.05, 3.63) is 41.1 Å². The Balaban J connectivity index is 2.48. The van der Waals surface area contributed by atoms with Gasteiger partial charge >= 0.3 is 0 Å². The maximum atomic E-state index is 12.1. The normalized spacial score (nSPS) is 20.1. The van der Waals surface area contributed by atoms with Gasteiger partial charge in [-0.25, -0.2) is 4.99 Å². The van der Waals surface area contributed by atoms with Crippen molar-refractivity contribution < 1.29 is 4.79 Å². The number of aryl methyl sites for hydroxylation is 1. The molecule has 4 heteroatoms. The van der Waals surface area contributed by atoms with Crippen LogP contribution in [-0.4, -0.2) is 17.3 Å². The molecule has 0 spiro atoms. The third-order valence-corrected chi connectivity index (χ3v) is 3.77. The number of hydrogen-bond donors (Lipinski definition) is 1. The van der Waals surface area contributed by atoms with Gasteiger partial charge in [0.05, 0.1) is 11.1 Å². The van der Waals surface area contributed by atoms with Crippen molar-refractivity contribution in [1.29, 1.82) is 0 Å². The zero-order valence-corrected chi connectivity index (χ0v) is 12.5. The molecule has 0 fully saturated rings. The maximum absolute atomic E-state index is 12.1. The summed E-state index contributed by atoms with van der Waals surface area (Å²) in [6.45, 7) is 5.84. The second-order valence-corrected chi connectivity index (χ2v) is 5.94. The van der Waals surface area contributed by atoms with E-state index in [0.717, 1.165) is 11.3 Å². The van der Waals surface area contributed by atoms with Gasteiger partial charge in [-0.05, 0) is 38.7 Å². The number of amidine groups is 1. The molecule has 1 heterocycles. The molecule has 1 aromatic rings. The lowest BCUT2D eigenvalue weighted by Gasteiger charge is -2.29. The van der Waals surface area contributed by atoms with Crippen LogP contribution in [0.4, 0.5) is 0 Å². The van der Waals surface area contributed by atoms with Crippen molar-refractivity contribution in [3.63, 3.8) is 0 Å². The zero-order chi connectivity index (χ0) is 14.0. The fourth-order valence-electron chi connectivity index (χ4n) is 1.87. The van der Waals surface area contributed by atoms with Crippen molar-refractivity contribution in [3.8, 4) is 0 Å². The summed E-state index contributed by atoms with van der Waals surface area (Å²) in [7, 11) is 0. The first kappa shape index (κ1) is 13.9. The van der Waals surface area contributed by atoms with E-state index >= 15 is 0 Å². The average molecular weight is 274 g/mol. The van der Waals surface area contributed by atoms with Crippen LogP contribution in [0.1, 0.15) is 25.0 Å². The first-order valence-corrected chi connectivity index (χ1v) is 7.39. The van der Waals surface area contributed by atoms with E-state index in [1.807, 2.05) is 38.3 Å². The molecule has 0 radical (unpaired) electrons. The minimum Gasteiger partial charge on any atom is -0.304 e. The summed E-state index contributed by atoms with van der Waals surface area (Å²) < 4.78 is 0. The fraction of sp³-hybridized carbons (Fsp3) is 0.333. The summed E-state index contributed by atoms with van der Waals surface area (Å²) in [5.74, 6) is -0.00856. The number of nitrogens with one attached hydrogen (secondary N) is 1. The number of carbonyl (C=O) groups excluding carboxylic acids is 1. The Morgan fingerprint density at radius 3 is 2.74 bits per heavy atom. The molecule has 1 N–H and O–H groups in total. The van der Waals surface area contributed by atoms with E-state index < -0.39 is 5.41 Å². The highest BCUT2D eigenvalue weighted by Gasteiger charge is 2.36. The van der Waals surface area contributed by atoms with Crippen LogP contribution in [0.5, 0.6) is 0 Å². The molecule has 0 atom stereocenters. The van der Waals surface area contributed by atoms with Crippen LogP contribution in [0.15, 0.2) is 35.0 Å². The van der Waals surface area contributed by atoms with Crippen molar-refractivity contribution in [2.24, 2.45) is 10.4 Å². The molecule has 19 heavy (non-hydrogen) atoms. The van der Waals surface area contributed by atoms with Crippen LogP contribution in [0.25, 0.3) is 6.08 Å². The van der Waals surface area contributed by atoms with E-state index in [1.54, 1.807) is 0 Å². The molecule has 100 valence electrons. The molecule has 1 aliphatic rings. The fourth-order valence-corrected chi connectivity index (χ4v) is 2.26. The number of aliphatic imine (C=N–C) groups is 1. The van der Waals surface area contributed by atoms with Crippen LogP contribution in [0.2, 0.25) is 0 Å². The summed E-state index contributed by atoms with van der Waals surface area (Å²) in [6, 6.07) is 8.18. The van der Waals surface area contributed by atoms with Crippen LogP contribution < -0.4 is 5.32 Å². The molecule has 1 amide bonds. The van der Waals surface area contributed by atoms with Gasteiger partial charge in [-0.15, -0.1) is 0 Å². The van der Waals surface area contributed by atoms with E-state index in [0.29, 0.717) is 5.17 Å². The molecular formula is C15H18N2OS. The molecule has 0 unspecified atom stereocenters. The third kappa shape index (κ3) is 2.89. The molecule has 0 aromatic heterocycles. The van der Waals surface area contributed by atoms with Gasteiger partial charge in [0, 0.05) is 0 Å². The van der Waals surface area contributed by atoms with Gasteiger partial charge in [0.15, 0.2) is 5.17 Å². The summed E-state index contributed by atoms with van der Waals surface area (Å²) in [4.78, 5) is 16.6. The lowest BCUT2D eigenvalue weighted by Crippen LogP contribution is -2.44. The molecule has 3 nitrogen and oxygen atoms in total. The Bertz CT molecular complexity index is 573. The molecule has 0 aliphatic carbocycles. The Kier molecular flexibility index (Phi) is 3.80. The van der Waals surface area contributed by atoms with E-state index in [4.69, 9.17) is 0 Å². The highest BCUT2D eigenvalue weighted by Crippen LogP contribution is 2.33. The van der Waals surface area contributed by atoms with Gasteiger partial charge in [0.1, 0.15) is 0 Å². The number of thioether (sulfide) groups is 1. The quantitative estimate of drug-likeness (QED) is 0.854. The highest BCUT2D eigenvalue weighted by atomic mass is 32.2. The molecule has 2 rings (SSSR count). The van der Waals surface area contributed by atoms with Gasteiger partial charge in [-0.3, -0.25) is 4.79 Å². The lowest BCUT2D eigenvalue weighted by molar-refractivity contribution is -0.126. The van der Waals surface area contributed by atoms with Crippen molar-refractivity contribution in [2.75, 3.05) is 6.26 Å². The smallest absolute Gasteiger partial charge is 0.237 e. The van der Waals surface area contributed by atoms with Gasteiger partial charge < -0.3 is 5.32 Å². The van der Waals surface area contributed by atoms with Crippen LogP contribution in [0.3, 0.4) is 0 Å². The van der Waals surface area contributed by atoms with Crippen molar-refractivity contribution in [2.45, 2.75) is 20.8 Å². The highest BCUT2D eigenvalue weighted by molar-refractivity contribution is 8.13. The first-order valence-electron chi connectivity index (χ1n) is 6.16. The van der Waals surface area contributed by atoms with Crippen molar-refractivity contribution >= 4 is 28.9 Å². The predicted molar refractivity (Wildman–Crippen MR) is 82.0 cm³/mol. The van der Waals surface area contributed by atoms with Crippen LogP contribution in [-0.2, 0) is 4.79 Å². The monoisotopic (exact) mass is 274 g/mol. The van der Waals surface area contributed by atoms with E-state index in [-0.39, 0.29) is 5.91 Å². The van der Waals surface area contributed by atoms with Gasteiger partial charge in [0.25, 0.3) is 0 Å². The van der Waals surface area contributed by atoms with Crippen LogP contribution in [0, 0.1) is 12.3 Å². The van der Waals surface area contributed by atoms with E-state index in [1.165, 1.54) is 17.3 Å². The lowest BCUT2D eigenvalue weighted by atomic mass is 9.86. The topological polar surface area (TPSA) is 41.5 Å². The van der Waals surface area contributed by atoms with Gasteiger partial charge in [0.2, 0.25) is 5.91 Å². The number of benzene rings is 1. The van der Waals surface area contributed by atoms with Gasteiger partial charge in [-0.2, -0.15) is 0 Å². The predicted octanol–water partition coefficient (Wildman–Crippen LogP) is 3.21. The van der Waals surface area contributed by atoms with Gasteiger partial charge in [-0.1, -0.05) is 41.6 Å². The Labute approximate surface area is 118 Å². The summed E-state index contributed by atoms with van der Waals surface area (Å²) in [6.07, 6.45) is 3.89. The second-order valence-electron chi connectivity index (χ2n) is 5.14. The zero-order valence-electron chi connectivity index (χ0n) is 11.7. The SMILES string of the molecule is CSC1=N/C(=C/c2cccc(C)c2)C(C)(C)C(=O)N1. The Hall–Kier alpha value is -1.55. The molecule has 1 aromatic carbocycles.